The summed E-state index contributed by atoms with van der Waals surface area (Å²) in [5.74, 6) is -1.22. The van der Waals surface area contributed by atoms with Crippen LogP contribution in [0.4, 0.5) is 14.9 Å². The molecule has 1 aromatic rings. The number of anilines is 1. The van der Waals surface area contributed by atoms with E-state index in [4.69, 9.17) is 5.73 Å². The number of carbonyl (C=O) groups is 4. The van der Waals surface area contributed by atoms with Crippen LogP contribution in [0.2, 0.25) is 0 Å². The summed E-state index contributed by atoms with van der Waals surface area (Å²) in [5.41, 5.74) is 5.98. The molecule has 4 rings (SSSR count). The number of hydrogen-bond acceptors (Lipinski definition) is 4. The second-order valence-corrected chi connectivity index (χ2v) is 10.9. The minimum atomic E-state index is -0.835. The topological polar surface area (TPSA) is 150 Å². The number of amides is 5. The van der Waals surface area contributed by atoms with Gasteiger partial charge in [0.25, 0.3) is 5.91 Å². The quantitative estimate of drug-likeness (QED) is 0.340. The van der Waals surface area contributed by atoms with Crippen LogP contribution in [0, 0.1) is 11.7 Å². The molecule has 1 saturated carbocycles. The van der Waals surface area contributed by atoms with E-state index in [1.807, 2.05) is 5.32 Å². The molecule has 2 aliphatic heterocycles. The van der Waals surface area contributed by atoms with Gasteiger partial charge in [0.2, 0.25) is 11.8 Å². The van der Waals surface area contributed by atoms with Crippen molar-refractivity contribution in [3.8, 4) is 0 Å². The number of hydrogen-bond donors (Lipinski definition) is 5. The molecule has 1 aromatic carbocycles. The number of quaternary nitrogens is 1. The average Bonchev–Trinajstić information content (AvgIpc) is 3.43. The van der Waals surface area contributed by atoms with Gasteiger partial charge in [-0.3, -0.25) is 14.4 Å². The molecule has 4 atom stereocenters. The van der Waals surface area contributed by atoms with Crippen molar-refractivity contribution in [3.63, 3.8) is 0 Å². The van der Waals surface area contributed by atoms with Crippen LogP contribution >= 0.6 is 0 Å². The SMILES string of the molecule is NC(=O)[C@H](CC1CCCCC1)NC(=O)[C@@H]1C[C@@H](NC(=O)Nc2cccc(F)c2)CCN1C(=O)[C@H]1CCC[NH2+]1. The fourth-order valence-electron chi connectivity index (χ4n) is 6.01. The first-order valence-corrected chi connectivity index (χ1v) is 13.9. The van der Waals surface area contributed by atoms with Gasteiger partial charge in [0.15, 0.2) is 6.04 Å². The number of halogens is 1. The van der Waals surface area contributed by atoms with E-state index in [0.29, 0.717) is 31.0 Å². The molecule has 3 fully saturated rings. The molecule has 0 spiro atoms. The number of rotatable bonds is 8. The Bertz CT molecular complexity index is 1010. The number of nitrogens with one attached hydrogen (secondary N) is 3. The van der Waals surface area contributed by atoms with Gasteiger partial charge in [-0.25, -0.2) is 9.18 Å². The highest BCUT2D eigenvalue weighted by atomic mass is 19.1. The molecule has 0 aromatic heterocycles. The predicted octanol–water partition coefficient (Wildman–Crippen LogP) is 0.973. The summed E-state index contributed by atoms with van der Waals surface area (Å²) < 4.78 is 13.5. The lowest BCUT2D eigenvalue weighted by Crippen LogP contribution is -2.89. The van der Waals surface area contributed by atoms with Crippen molar-refractivity contribution in [1.29, 1.82) is 0 Å². The molecule has 7 N–H and O–H groups in total. The van der Waals surface area contributed by atoms with Crippen LogP contribution < -0.4 is 27.0 Å². The zero-order valence-electron chi connectivity index (χ0n) is 21.8. The van der Waals surface area contributed by atoms with Crippen LogP contribution in [0.15, 0.2) is 24.3 Å². The lowest BCUT2D eigenvalue weighted by atomic mass is 9.84. The largest absolute Gasteiger partial charge is 0.368 e. The number of benzene rings is 1. The Morgan fingerprint density at radius 3 is 2.55 bits per heavy atom. The number of nitrogens with zero attached hydrogens (tertiary/aromatic N) is 1. The Labute approximate surface area is 222 Å². The molecule has 10 nitrogen and oxygen atoms in total. The van der Waals surface area contributed by atoms with Gasteiger partial charge in [-0.15, -0.1) is 0 Å². The zero-order chi connectivity index (χ0) is 27.1. The van der Waals surface area contributed by atoms with Gasteiger partial charge >= 0.3 is 6.03 Å². The van der Waals surface area contributed by atoms with Gasteiger partial charge in [0, 0.05) is 31.1 Å². The van der Waals surface area contributed by atoms with Crippen molar-refractivity contribution in [2.45, 2.75) is 88.4 Å². The number of urea groups is 1. The van der Waals surface area contributed by atoms with Gasteiger partial charge in [-0.2, -0.15) is 0 Å². The molecule has 2 saturated heterocycles. The van der Waals surface area contributed by atoms with Gasteiger partial charge < -0.3 is 31.9 Å². The summed E-state index contributed by atoms with van der Waals surface area (Å²) in [6, 6.07) is 2.81. The van der Waals surface area contributed by atoms with E-state index in [9.17, 15) is 23.6 Å². The van der Waals surface area contributed by atoms with Crippen LogP contribution in [0.1, 0.15) is 64.2 Å². The second-order valence-electron chi connectivity index (χ2n) is 10.9. The number of piperidine rings is 1. The van der Waals surface area contributed by atoms with Crippen molar-refractivity contribution < 1.29 is 28.9 Å². The van der Waals surface area contributed by atoms with Gasteiger partial charge in [-0.05, 0) is 43.4 Å². The molecule has 0 radical (unpaired) electrons. The third-order valence-corrected chi connectivity index (χ3v) is 8.05. The highest BCUT2D eigenvalue weighted by molar-refractivity contribution is 5.93. The van der Waals surface area contributed by atoms with Crippen LogP contribution in [0.25, 0.3) is 0 Å². The fourth-order valence-corrected chi connectivity index (χ4v) is 6.01. The average molecular weight is 532 g/mol. The first-order chi connectivity index (χ1) is 18.3. The fraction of sp³-hybridized carbons (Fsp3) is 0.630. The van der Waals surface area contributed by atoms with Gasteiger partial charge in [0.05, 0.1) is 6.54 Å². The minimum Gasteiger partial charge on any atom is -0.368 e. The summed E-state index contributed by atoms with van der Waals surface area (Å²) in [4.78, 5) is 53.3. The van der Waals surface area contributed by atoms with Crippen molar-refractivity contribution in [2.75, 3.05) is 18.4 Å². The molecular formula is C27H40FN6O4+. The Hall–Kier alpha value is -3.21. The normalized spacial score (nSPS) is 24.9. The van der Waals surface area contributed by atoms with Crippen molar-refractivity contribution in [1.82, 2.24) is 15.5 Å². The van der Waals surface area contributed by atoms with Crippen LogP contribution in [0.3, 0.4) is 0 Å². The maximum absolute atomic E-state index is 13.6. The van der Waals surface area contributed by atoms with E-state index in [0.717, 1.165) is 45.1 Å². The van der Waals surface area contributed by atoms with Crippen molar-refractivity contribution in [3.05, 3.63) is 30.1 Å². The first-order valence-electron chi connectivity index (χ1n) is 13.9. The Morgan fingerprint density at radius 1 is 1.08 bits per heavy atom. The predicted molar refractivity (Wildman–Crippen MR) is 139 cm³/mol. The summed E-state index contributed by atoms with van der Waals surface area (Å²) in [6.45, 7) is 1.17. The molecule has 11 heteroatoms. The first kappa shape index (κ1) is 27.8. The maximum Gasteiger partial charge on any atom is 0.319 e. The molecule has 1 aliphatic carbocycles. The third kappa shape index (κ3) is 7.43. The van der Waals surface area contributed by atoms with Gasteiger partial charge in [0.1, 0.15) is 17.9 Å². The van der Waals surface area contributed by atoms with E-state index in [1.165, 1.54) is 24.6 Å². The number of likely N-dealkylation sites (tertiary alicyclic amines) is 1. The number of primary amides is 1. The minimum absolute atomic E-state index is 0.0896. The summed E-state index contributed by atoms with van der Waals surface area (Å²) >= 11 is 0. The molecule has 2 heterocycles. The molecule has 0 bridgehead atoms. The van der Waals surface area contributed by atoms with Crippen LogP contribution in [-0.2, 0) is 14.4 Å². The molecular weight excluding hydrogens is 491 g/mol. The van der Waals surface area contributed by atoms with E-state index in [-0.39, 0.29) is 24.4 Å². The second kappa shape index (κ2) is 13.0. The van der Waals surface area contributed by atoms with E-state index < -0.39 is 35.7 Å². The van der Waals surface area contributed by atoms with E-state index >= 15 is 0 Å². The third-order valence-electron chi connectivity index (χ3n) is 8.05. The Kier molecular flexibility index (Phi) is 9.54. The lowest BCUT2D eigenvalue weighted by Gasteiger charge is -2.39. The Morgan fingerprint density at radius 2 is 1.87 bits per heavy atom. The monoisotopic (exact) mass is 531 g/mol. The van der Waals surface area contributed by atoms with E-state index in [1.54, 1.807) is 11.0 Å². The maximum atomic E-state index is 13.6. The van der Waals surface area contributed by atoms with E-state index in [2.05, 4.69) is 16.0 Å². The smallest absolute Gasteiger partial charge is 0.319 e. The Balaban J connectivity index is 1.43. The summed E-state index contributed by atoms with van der Waals surface area (Å²) in [6.07, 6.45) is 8.29. The molecule has 38 heavy (non-hydrogen) atoms. The van der Waals surface area contributed by atoms with Crippen molar-refractivity contribution in [2.24, 2.45) is 11.7 Å². The van der Waals surface area contributed by atoms with Crippen LogP contribution in [-0.4, -0.2) is 65.9 Å². The van der Waals surface area contributed by atoms with Crippen LogP contribution in [0.5, 0.6) is 0 Å². The molecule has 208 valence electrons. The summed E-state index contributed by atoms with van der Waals surface area (Å²) in [7, 11) is 0. The molecule has 0 unspecified atom stereocenters. The summed E-state index contributed by atoms with van der Waals surface area (Å²) in [5, 5.41) is 10.3. The highest BCUT2D eigenvalue weighted by Crippen LogP contribution is 2.28. The number of carbonyl (C=O) groups excluding carboxylic acids is 4. The highest BCUT2D eigenvalue weighted by Gasteiger charge is 2.42. The standard InChI is InChI=1S/C27H39FN6O4/c28-18-8-4-9-19(15-18)31-27(38)32-20-11-13-34(26(37)21-10-5-12-30-21)23(16-20)25(36)33-22(24(29)35)14-17-6-2-1-3-7-17/h4,8-9,15,17,20-23,30H,1-3,5-7,10-14,16H2,(H2,29,35)(H,33,36)(H2,31,32,38)/p+1/t20-,21+,22-,23-/m0/s1. The van der Waals surface area contributed by atoms with Crippen molar-refractivity contribution >= 4 is 29.4 Å². The lowest BCUT2D eigenvalue weighted by molar-refractivity contribution is -0.658. The molecule has 5 amide bonds. The molecule has 3 aliphatic rings. The zero-order valence-corrected chi connectivity index (χ0v) is 21.8. The van der Waals surface area contributed by atoms with Gasteiger partial charge in [-0.1, -0.05) is 38.2 Å². The number of nitrogens with two attached hydrogens (primary N) is 2.